The largest absolute Gasteiger partial charge is 0.462 e. The molecule has 1 fully saturated rings. The molecule has 0 bridgehead atoms. The Morgan fingerprint density at radius 1 is 1.20 bits per heavy atom. The molecule has 1 aromatic rings. The molecular formula is C19H28N2O3S. The number of carbonyl (C=O) groups excluding carboxylic acids is 2. The molecule has 2 amide bonds. The SMILES string of the molecule is CCNC(=O)NC1CCC(OC(=O)[C@@H](C)SCc2ccccc2)CC1. The van der Waals surface area contributed by atoms with Crippen molar-refractivity contribution in [2.24, 2.45) is 0 Å². The first-order valence-electron chi connectivity index (χ1n) is 8.99. The highest BCUT2D eigenvalue weighted by Crippen LogP contribution is 2.24. The number of benzene rings is 1. The van der Waals surface area contributed by atoms with Crippen LogP contribution in [0.3, 0.4) is 0 Å². The predicted molar refractivity (Wildman–Crippen MR) is 102 cm³/mol. The van der Waals surface area contributed by atoms with Gasteiger partial charge in [-0.1, -0.05) is 30.3 Å². The van der Waals surface area contributed by atoms with Crippen LogP contribution in [0, 0.1) is 0 Å². The van der Waals surface area contributed by atoms with E-state index < -0.39 is 0 Å². The second kappa shape index (κ2) is 10.3. The minimum Gasteiger partial charge on any atom is -0.462 e. The summed E-state index contributed by atoms with van der Waals surface area (Å²) < 4.78 is 5.65. The lowest BCUT2D eigenvalue weighted by molar-refractivity contribution is -0.149. The minimum absolute atomic E-state index is 0.0282. The van der Waals surface area contributed by atoms with Gasteiger partial charge in [0, 0.05) is 18.3 Å². The molecule has 2 N–H and O–H groups in total. The quantitative estimate of drug-likeness (QED) is 0.727. The van der Waals surface area contributed by atoms with Crippen molar-refractivity contribution in [3.8, 4) is 0 Å². The topological polar surface area (TPSA) is 67.4 Å². The first-order valence-corrected chi connectivity index (χ1v) is 10.0. The predicted octanol–water partition coefficient (Wildman–Crippen LogP) is 3.48. The van der Waals surface area contributed by atoms with Gasteiger partial charge >= 0.3 is 12.0 Å². The van der Waals surface area contributed by atoms with E-state index in [-0.39, 0.29) is 29.4 Å². The van der Waals surface area contributed by atoms with E-state index in [2.05, 4.69) is 22.8 Å². The van der Waals surface area contributed by atoms with Crippen LogP contribution >= 0.6 is 11.8 Å². The van der Waals surface area contributed by atoms with Crippen molar-refractivity contribution < 1.29 is 14.3 Å². The molecule has 1 aromatic carbocycles. The van der Waals surface area contributed by atoms with E-state index in [4.69, 9.17) is 4.74 Å². The maximum Gasteiger partial charge on any atom is 0.319 e. The van der Waals surface area contributed by atoms with Gasteiger partial charge in [-0.15, -0.1) is 11.8 Å². The second-order valence-electron chi connectivity index (χ2n) is 6.35. The molecule has 0 aromatic heterocycles. The Bertz CT molecular complexity index is 545. The molecule has 0 heterocycles. The summed E-state index contributed by atoms with van der Waals surface area (Å²) in [5, 5.41) is 5.53. The van der Waals surface area contributed by atoms with Gasteiger partial charge in [0.2, 0.25) is 0 Å². The molecule has 1 saturated carbocycles. The Hall–Kier alpha value is -1.69. The van der Waals surface area contributed by atoms with Crippen LogP contribution in [-0.4, -0.2) is 35.9 Å². The average molecular weight is 365 g/mol. The van der Waals surface area contributed by atoms with E-state index in [1.807, 2.05) is 32.0 Å². The summed E-state index contributed by atoms with van der Waals surface area (Å²) in [6, 6.07) is 10.2. The maximum atomic E-state index is 12.3. The van der Waals surface area contributed by atoms with Crippen LogP contribution in [0.1, 0.15) is 45.1 Å². The zero-order valence-corrected chi connectivity index (χ0v) is 15.8. The Morgan fingerprint density at radius 2 is 1.88 bits per heavy atom. The summed E-state index contributed by atoms with van der Waals surface area (Å²) in [6.45, 7) is 4.42. The third-order valence-electron chi connectivity index (χ3n) is 4.30. The first kappa shape index (κ1) is 19.6. The van der Waals surface area contributed by atoms with Crippen LogP contribution in [0.5, 0.6) is 0 Å². The highest BCUT2D eigenvalue weighted by Gasteiger charge is 2.26. The summed E-state index contributed by atoms with van der Waals surface area (Å²) in [5.74, 6) is 0.668. The Kier molecular flexibility index (Phi) is 8.12. The van der Waals surface area contributed by atoms with Gasteiger partial charge in [0.15, 0.2) is 0 Å². The van der Waals surface area contributed by atoms with Gasteiger partial charge in [0.25, 0.3) is 0 Å². The van der Waals surface area contributed by atoms with Crippen molar-refractivity contribution in [3.63, 3.8) is 0 Å². The number of thioether (sulfide) groups is 1. The summed E-state index contributed by atoms with van der Waals surface area (Å²) in [7, 11) is 0. The number of ether oxygens (including phenoxy) is 1. The van der Waals surface area contributed by atoms with Crippen LogP contribution in [0.4, 0.5) is 4.79 Å². The summed E-state index contributed by atoms with van der Waals surface area (Å²) >= 11 is 1.60. The van der Waals surface area contributed by atoms with E-state index in [0.29, 0.717) is 6.54 Å². The number of hydrogen-bond donors (Lipinski definition) is 2. The number of hydrogen-bond acceptors (Lipinski definition) is 4. The number of urea groups is 1. The van der Waals surface area contributed by atoms with E-state index >= 15 is 0 Å². The molecule has 0 aliphatic heterocycles. The van der Waals surface area contributed by atoms with E-state index in [1.54, 1.807) is 11.8 Å². The van der Waals surface area contributed by atoms with Gasteiger partial charge in [0.1, 0.15) is 6.10 Å². The molecule has 5 nitrogen and oxygen atoms in total. The van der Waals surface area contributed by atoms with Crippen LogP contribution < -0.4 is 10.6 Å². The first-order chi connectivity index (χ1) is 12.1. The highest BCUT2D eigenvalue weighted by atomic mass is 32.2. The third kappa shape index (κ3) is 6.98. The Labute approximate surface area is 154 Å². The molecule has 0 spiro atoms. The van der Waals surface area contributed by atoms with Crippen molar-refractivity contribution in [1.82, 2.24) is 10.6 Å². The Morgan fingerprint density at radius 3 is 2.52 bits per heavy atom. The molecule has 0 radical (unpaired) electrons. The van der Waals surface area contributed by atoms with E-state index in [1.165, 1.54) is 5.56 Å². The lowest BCUT2D eigenvalue weighted by Crippen LogP contribution is -2.44. The molecule has 2 rings (SSSR count). The smallest absolute Gasteiger partial charge is 0.319 e. The maximum absolute atomic E-state index is 12.3. The van der Waals surface area contributed by atoms with Crippen molar-refractivity contribution >= 4 is 23.8 Å². The van der Waals surface area contributed by atoms with Gasteiger partial charge in [-0.3, -0.25) is 4.79 Å². The zero-order chi connectivity index (χ0) is 18.1. The lowest BCUT2D eigenvalue weighted by Gasteiger charge is -2.29. The summed E-state index contributed by atoms with van der Waals surface area (Å²) in [6.07, 6.45) is 3.28. The van der Waals surface area contributed by atoms with Gasteiger partial charge in [0.05, 0.1) is 5.25 Å². The van der Waals surface area contributed by atoms with Gasteiger partial charge < -0.3 is 15.4 Å². The summed E-state index contributed by atoms with van der Waals surface area (Å²) in [4.78, 5) is 23.8. The van der Waals surface area contributed by atoms with Crippen LogP contribution in [-0.2, 0) is 15.3 Å². The number of carbonyl (C=O) groups is 2. The molecule has 0 unspecified atom stereocenters. The normalized spacial score (nSPS) is 21.2. The third-order valence-corrected chi connectivity index (χ3v) is 5.50. The van der Waals surface area contributed by atoms with Crippen LogP contribution in [0.15, 0.2) is 30.3 Å². The fourth-order valence-electron chi connectivity index (χ4n) is 2.85. The van der Waals surface area contributed by atoms with Crippen LogP contribution in [0.25, 0.3) is 0 Å². The van der Waals surface area contributed by atoms with E-state index in [0.717, 1.165) is 31.4 Å². The molecular weight excluding hydrogens is 336 g/mol. The molecule has 0 saturated heterocycles. The molecule has 6 heteroatoms. The lowest BCUT2D eigenvalue weighted by atomic mass is 9.93. The second-order valence-corrected chi connectivity index (χ2v) is 7.68. The van der Waals surface area contributed by atoms with Gasteiger partial charge in [-0.05, 0) is 45.1 Å². The van der Waals surface area contributed by atoms with Crippen molar-refractivity contribution in [2.75, 3.05) is 6.54 Å². The molecule has 1 aliphatic rings. The molecule has 138 valence electrons. The van der Waals surface area contributed by atoms with Crippen molar-refractivity contribution in [3.05, 3.63) is 35.9 Å². The van der Waals surface area contributed by atoms with Gasteiger partial charge in [-0.25, -0.2) is 4.79 Å². The minimum atomic E-state index is -0.175. The fourth-order valence-corrected chi connectivity index (χ4v) is 3.67. The number of rotatable bonds is 7. The number of amides is 2. The Balaban J connectivity index is 1.66. The molecule has 25 heavy (non-hydrogen) atoms. The zero-order valence-electron chi connectivity index (χ0n) is 15.0. The highest BCUT2D eigenvalue weighted by molar-refractivity contribution is 7.99. The van der Waals surface area contributed by atoms with Crippen molar-refractivity contribution in [2.45, 2.75) is 62.7 Å². The standard InChI is InChI=1S/C19H28N2O3S/c1-3-20-19(23)21-16-9-11-17(12-10-16)24-18(22)14(2)25-13-15-7-5-4-6-8-15/h4-8,14,16-17H,3,9-13H2,1-2H3,(H2,20,21,23)/t14-,16?,17?/m1/s1. The number of esters is 1. The average Bonchev–Trinajstić information content (AvgIpc) is 2.62. The summed E-state index contributed by atoms with van der Waals surface area (Å²) in [5.41, 5.74) is 1.21. The van der Waals surface area contributed by atoms with Crippen LogP contribution in [0.2, 0.25) is 0 Å². The molecule has 1 aliphatic carbocycles. The van der Waals surface area contributed by atoms with E-state index in [9.17, 15) is 9.59 Å². The number of nitrogens with one attached hydrogen (secondary N) is 2. The molecule has 1 atom stereocenters. The van der Waals surface area contributed by atoms with Crippen molar-refractivity contribution in [1.29, 1.82) is 0 Å². The van der Waals surface area contributed by atoms with Gasteiger partial charge in [-0.2, -0.15) is 0 Å². The fraction of sp³-hybridized carbons (Fsp3) is 0.579. The monoisotopic (exact) mass is 364 g/mol.